The van der Waals surface area contributed by atoms with Crippen LogP contribution in [0, 0.1) is 0 Å². The third-order valence-corrected chi connectivity index (χ3v) is 4.83. The zero-order valence-corrected chi connectivity index (χ0v) is 13.2. The van der Waals surface area contributed by atoms with E-state index in [1.54, 1.807) is 6.07 Å². The van der Waals surface area contributed by atoms with E-state index in [2.05, 4.69) is 4.98 Å². The van der Waals surface area contributed by atoms with E-state index >= 15 is 0 Å². The van der Waals surface area contributed by atoms with E-state index in [9.17, 15) is 4.79 Å². The molecule has 6 heteroatoms. The number of hydrogen-bond donors (Lipinski definition) is 0. The van der Waals surface area contributed by atoms with Crippen molar-refractivity contribution in [2.45, 2.75) is 6.61 Å². The quantitative estimate of drug-likeness (QED) is 0.638. The number of esters is 1. The molecule has 21 heavy (non-hydrogen) atoms. The lowest BCUT2D eigenvalue weighted by Crippen LogP contribution is -2.03. The van der Waals surface area contributed by atoms with Crippen LogP contribution in [0.5, 0.6) is 0 Å². The summed E-state index contributed by atoms with van der Waals surface area (Å²) in [6, 6.07) is 11.1. The molecule has 2 heterocycles. The lowest BCUT2D eigenvalue weighted by atomic mass is 10.2. The van der Waals surface area contributed by atoms with Gasteiger partial charge in [-0.3, -0.25) is 0 Å². The number of hydrogen-bond acceptors (Lipinski definition) is 5. The summed E-state index contributed by atoms with van der Waals surface area (Å²) in [5.74, 6) is -0.322. The number of nitrogens with zero attached hydrogens (tertiary/aromatic N) is 1. The Bertz CT molecular complexity index is 753. The van der Waals surface area contributed by atoms with Crippen molar-refractivity contribution >= 4 is 40.2 Å². The van der Waals surface area contributed by atoms with Crippen LogP contribution in [0.15, 0.2) is 47.2 Å². The number of thiophene rings is 1. The smallest absolute Gasteiger partial charge is 0.348 e. The Morgan fingerprint density at radius 2 is 2.05 bits per heavy atom. The van der Waals surface area contributed by atoms with Crippen molar-refractivity contribution in [2.24, 2.45) is 0 Å². The Morgan fingerprint density at radius 1 is 1.19 bits per heavy atom. The molecule has 0 N–H and O–H groups in total. The SMILES string of the molecule is O=C(OCc1csc(-c2ccccc2Cl)n1)c1cccs1. The molecule has 0 atom stereocenters. The van der Waals surface area contributed by atoms with Crippen LogP contribution < -0.4 is 0 Å². The summed E-state index contributed by atoms with van der Waals surface area (Å²) in [5, 5.41) is 5.20. The fourth-order valence-electron chi connectivity index (χ4n) is 1.74. The van der Waals surface area contributed by atoms with Crippen molar-refractivity contribution < 1.29 is 9.53 Å². The van der Waals surface area contributed by atoms with Crippen LogP contribution in [-0.4, -0.2) is 11.0 Å². The monoisotopic (exact) mass is 335 g/mol. The third-order valence-electron chi connectivity index (χ3n) is 2.73. The minimum absolute atomic E-state index is 0.164. The Hall–Kier alpha value is -1.69. The molecule has 0 radical (unpaired) electrons. The maximum Gasteiger partial charge on any atom is 0.348 e. The zero-order chi connectivity index (χ0) is 14.7. The number of carbonyl (C=O) groups is 1. The number of aromatic nitrogens is 1. The van der Waals surface area contributed by atoms with Gasteiger partial charge in [-0.05, 0) is 17.5 Å². The van der Waals surface area contributed by atoms with Crippen LogP contribution in [-0.2, 0) is 11.3 Å². The van der Waals surface area contributed by atoms with Gasteiger partial charge in [-0.2, -0.15) is 0 Å². The second-order valence-corrected chi connectivity index (χ2v) is 6.39. The van der Waals surface area contributed by atoms with Crippen LogP contribution in [0.2, 0.25) is 5.02 Å². The van der Waals surface area contributed by atoms with Gasteiger partial charge in [0.2, 0.25) is 0 Å². The molecule has 2 aromatic heterocycles. The van der Waals surface area contributed by atoms with Gasteiger partial charge in [0.05, 0.1) is 10.7 Å². The standard InChI is InChI=1S/C15H10ClNO2S2/c16-12-5-2-1-4-11(12)14-17-10(9-21-14)8-19-15(18)13-6-3-7-20-13/h1-7,9H,8H2. The highest BCUT2D eigenvalue weighted by molar-refractivity contribution is 7.13. The van der Waals surface area contributed by atoms with Gasteiger partial charge in [0, 0.05) is 10.9 Å². The van der Waals surface area contributed by atoms with Gasteiger partial charge in [0.15, 0.2) is 0 Å². The Kier molecular flexibility index (Phi) is 4.34. The van der Waals surface area contributed by atoms with Crippen molar-refractivity contribution in [2.75, 3.05) is 0 Å². The number of thiazole rings is 1. The molecule has 3 aromatic rings. The predicted molar refractivity (Wildman–Crippen MR) is 86.0 cm³/mol. The summed E-state index contributed by atoms with van der Waals surface area (Å²) in [6.07, 6.45) is 0. The van der Waals surface area contributed by atoms with Gasteiger partial charge in [-0.15, -0.1) is 22.7 Å². The molecule has 3 nitrogen and oxygen atoms in total. The van der Waals surface area contributed by atoms with E-state index in [4.69, 9.17) is 16.3 Å². The summed E-state index contributed by atoms with van der Waals surface area (Å²) in [7, 11) is 0. The van der Waals surface area contributed by atoms with Crippen molar-refractivity contribution in [3.05, 3.63) is 62.8 Å². The number of carbonyl (C=O) groups excluding carboxylic acids is 1. The lowest BCUT2D eigenvalue weighted by molar-refractivity contribution is 0.0474. The van der Waals surface area contributed by atoms with Crippen LogP contribution in [0.25, 0.3) is 10.6 Å². The molecule has 0 unspecified atom stereocenters. The minimum Gasteiger partial charge on any atom is -0.455 e. The molecular weight excluding hydrogens is 326 g/mol. The average Bonchev–Trinajstić information content (AvgIpc) is 3.17. The van der Waals surface area contributed by atoms with Gasteiger partial charge < -0.3 is 4.74 Å². The molecule has 1 aromatic carbocycles. The van der Waals surface area contributed by atoms with Gasteiger partial charge in [-0.25, -0.2) is 9.78 Å². The highest BCUT2D eigenvalue weighted by Gasteiger charge is 2.11. The topological polar surface area (TPSA) is 39.2 Å². The predicted octanol–water partition coefficient (Wildman–Crippen LogP) is 4.88. The number of benzene rings is 1. The first kappa shape index (κ1) is 14.3. The second-order valence-electron chi connectivity index (χ2n) is 4.18. The molecule has 0 aliphatic rings. The van der Waals surface area contributed by atoms with E-state index in [0.29, 0.717) is 9.90 Å². The van der Waals surface area contributed by atoms with E-state index in [-0.39, 0.29) is 12.6 Å². The molecule has 3 rings (SSSR count). The van der Waals surface area contributed by atoms with E-state index < -0.39 is 0 Å². The molecule has 0 saturated carbocycles. The van der Waals surface area contributed by atoms with Crippen LogP contribution in [0.1, 0.15) is 15.4 Å². The largest absolute Gasteiger partial charge is 0.455 e. The molecule has 0 saturated heterocycles. The molecule has 0 aliphatic heterocycles. The van der Waals surface area contributed by atoms with Crippen LogP contribution >= 0.6 is 34.3 Å². The Morgan fingerprint density at radius 3 is 2.81 bits per heavy atom. The molecule has 106 valence electrons. The minimum atomic E-state index is -0.322. The molecule has 0 amide bonds. The van der Waals surface area contributed by atoms with Crippen molar-refractivity contribution in [3.63, 3.8) is 0 Å². The van der Waals surface area contributed by atoms with Crippen LogP contribution in [0.3, 0.4) is 0 Å². The third kappa shape index (κ3) is 3.32. The van der Waals surface area contributed by atoms with Gasteiger partial charge in [-0.1, -0.05) is 35.9 Å². The first-order valence-electron chi connectivity index (χ1n) is 6.14. The number of ether oxygens (including phenoxy) is 1. The Balaban J connectivity index is 1.69. The maximum absolute atomic E-state index is 11.8. The first-order valence-corrected chi connectivity index (χ1v) is 8.27. The first-order chi connectivity index (χ1) is 10.2. The number of rotatable bonds is 4. The Labute approximate surface area is 134 Å². The summed E-state index contributed by atoms with van der Waals surface area (Å²) in [6.45, 7) is 0.164. The van der Waals surface area contributed by atoms with E-state index in [1.165, 1.54) is 22.7 Å². The lowest BCUT2D eigenvalue weighted by Gasteiger charge is -2.01. The number of halogens is 1. The maximum atomic E-state index is 11.8. The summed E-state index contributed by atoms with van der Waals surface area (Å²) in [5.41, 5.74) is 1.61. The van der Waals surface area contributed by atoms with Crippen molar-refractivity contribution in [1.29, 1.82) is 0 Å². The highest BCUT2D eigenvalue weighted by atomic mass is 35.5. The fourth-order valence-corrected chi connectivity index (χ4v) is 3.48. The summed E-state index contributed by atoms with van der Waals surface area (Å²) in [4.78, 5) is 16.8. The molecular formula is C15H10ClNO2S2. The second kappa shape index (κ2) is 6.39. The van der Waals surface area contributed by atoms with E-state index in [1.807, 2.05) is 41.1 Å². The van der Waals surface area contributed by atoms with Gasteiger partial charge in [0.25, 0.3) is 0 Å². The van der Waals surface area contributed by atoms with Crippen molar-refractivity contribution in [1.82, 2.24) is 4.98 Å². The summed E-state index contributed by atoms with van der Waals surface area (Å²) >= 11 is 8.99. The van der Waals surface area contributed by atoms with Crippen LogP contribution in [0.4, 0.5) is 0 Å². The van der Waals surface area contributed by atoms with Crippen molar-refractivity contribution in [3.8, 4) is 10.6 Å². The molecule has 0 spiro atoms. The zero-order valence-electron chi connectivity index (χ0n) is 10.8. The normalized spacial score (nSPS) is 10.5. The molecule has 0 aliphatic carbocycles. The summed E-state index contributed by atoms with van der Waals surface area (Å²) < 4.78 is 5.23. The average molecular weight is 336 g/mol. The molecule has 0 bridgehead atoms. The molecule has 0 fully saturated rings. The van der Waals surface area contributed by atoms with Gasteiger partial charge in [0.1, 0.15) is 16.5 Å². The highest BCUT2D eigenvalue weighted by Crippen LogP contribution is 2.30. The van der Waals surface area contributed by atoms with Gasteiger partial charge >= 0.3 is 5.97 Å². The fraction of sp³-hybridized carbons (Fsp3) is 0.0667. The van der Waals surface area contributed by atoms with E-state index in [0.717, 1.165) is 16.3 Å².